The highest BCUT2D eigenvalue weighted by Gasteiger charge is 2.07. The predicted octanol–water partition coefficient (Wildman–Crippen LogP) is 6.90. The number of carbonyl (C=O) groups is 2. The number of carboxylic acid groups (broad SMARTS) is 1. The molecule has 0 bridgehead atoms. The molecular formula is C26H37NO3. The maximum atomic E-state index is 12.1. The lowest BCUT2D eigenvalue weighted by molar-refractivity contribution is -0.136. The molecule has 0 amide bonds. The van der Waals surface area contributed by atoms with Crippen LogP contribution in [-0.2, 0) is 11.2 Å². The summed E-state index contributed by atoms with van der Waals surface area (Å²) in [6.07, 6.45) is 30.8. The topological polar surface area (TPSA) is 59.3 Å². The summed E-state index contributed by atoms with van der Waals surface area (Å²) in [6, 6.07) is 1.68. The minimum absolute atomic E-state index is 0.00234. The molecule has 1 rings (SSSR count). The molecule has 0 atom stereocenters. The minimum atomic E-state index is -0.888. The summed E-state index contributed by atoms with van der Waals surface area (Å²) in [7, 11) is 0. The van der Waals surface area contributed by atoms with E-state index in [0.29, 0.717) is 12.0 Å². The van der Waals surface area contributed by atoms with Gasteiger partial charge in [0.05, 0.1) is 6.42 Å². The number of aromatic nitrogens is 1. The first-order valence-electron chi connectivity index (χ1n) is 11.1. The van der Waals surface area contributed by atoms with Crippen LogP contribution in [0.4, 0.5) is 0 Å². The van der Waals surface area contributed by atoms with Crippen molar-refractivity contribution in [1.82, 2.24) is 4.57 Å². The van der Waals surface area contributed by atoms with Crippen LogP contribution in [0.15, 0.2) is 67.1 Å². The van der Waals surface area contributed by atoms with Gasteiger partial charge < -0.3 is 5.11 Å². The van der Waals surface area contributed by atoms with Gasteiger partial charge in [-0.2, -0.15) is 0 Å². The van der Waals surface area contributed by atoms with Gasteiger partial charge in [0, 0.05) is 18.8 Å². The van der Waals surface area contributed by atoms with Crippen molar-refractivity contribution >= 4 is 11.9 Å². The van der Waals surface area contributed by atoms with E-state index in [1.54, 1.807) is 18.5 Å². The number of nitrogens with zero attached hydrogens (tertiary/aromatic N) is 1. The molecule has 164 valence electrons. The van der Waals surface area contributed by atoms with Gasteiger partial charge in [-0.1, -0.05) is 68.4 Å². The van der Waals surface area contributed by atoms with E-state index in [2.05, 4.69) is 55.5 Å². The van der Waals surface area contributed by atoms with Crippen LogP contribution < -0.4 is 0 Å². The first-order valence-corrected chi connectivity index (χ1v) is 11.1. The zero-order chi connectivity index (χ0) is 21.9. The monoisotopic (exact) mass is 411 g/mol. The molecule has 0 unspecified atom stereocenters. The molecule has 0 spiro atoms. The van der Waals surface area contributed by atoms with Crippen LogP contribution in [0.2, 0.25) is 0 Å². The zero-order valence-corrected chi connectivity index (χ0v) is 18.3. The fraction of sp³-hybridized carbons (Fsp3) is 0.462. The van der Waals surface area contributed by atoms with E-state index in [1.807, 2.05) is 0 Å². The largest absolute Gasteiger partial charge is 0.481 e. The molecule has 0 aliphatic heterocycles. The predicted molar refractivity (Wildman–Crippen MR) is 125 cm³/mol. The lowest BCUT2D eigenvalue weighted by atomic mass is 10.2. The quantitative estimate of drug-likeness (QED) is 0.238. The van der Waals surface area contributed by atoms with Crippen LogP contribution in [0.5, 0.6) is 0 Å². The average molecular weight is 412 g/mol. The van der Waals surface area contributed by atoms with E-state index >= 15 is 0 Å². The second-order valence-electron chi connectivity index (χ2n) is 7.37. The Labute approximate surface area is 181 Å². The Morgan fingerprint density at radius 1 is 0.867 bits per heavy atom. The van der Waals surface area contributed by atoms with Crippen molar-refractivity contribution in [1.29, 1.82) is 0 Å². The normalized spacial score (nSPS) is 12.2. The van der Waals surface area contributed by atoms with Crippen molar-refractivity contribution in [3.05, 3.63) is 72.6 Å². The lowest BCUT2D eigenvalue weighted by Crippen LogP contribution is -2.07. The van der Waals surface area contributed by atoms with E-state index in [9.17, 15) is 9.59 Å². The number of carbonyl (C=O) groups excluding carboxylic acids is 1. The number of carboxylic acids is 1. The molecule has 4 heteroatoms. The summed E-state index contributed by atoms with van der Waals surface area (Å²) >= 11 is 0. The van der Waals surface area contributed by atoms with Gasteiger partial charge in [0.1, 0.15) is 0 Å². The third kappa shape index (κ3) is 13.5. The van der Waals surface area contributed by atoms with Crippen molar-refractivity contribution < 1.29 is 14.7 Å². The number of unbranched alkanes of at least 4 members (excludes halogenated alkanes) is 4. The Morgan fingerprint density at radius 3 is 2.00 bits per heavy atom. The van der Waals surface area contributed by atoms with Crippen molar-refractivity contribution in [2.24, 2.45) is 0 Å². The van der Waals surface area contributed by atoms with Crippen molar-refractivity contribution in [3.8, 4) is 0 Å². The Bertz CT molecular complexity index is 722. The van der Waals surface area contributed by atoms with E-state index in [-0.39, 0.29) is 12.3 Å². The maximum Gasteiger partial charge on any atom is 0.307 e. The first kappa shape index (κ1) is 25.4. The van der Waals surface area contributed by atoms with E-state index in [4.69, 9.17) is 5.11 Å². The number of allylic oxidation sites excluding steroid dienone is 8. The van der Waals surface area contributed by atoms with Gasteiger partial charge in [0.2, 0.25) is 5.91 Å². The van der Waals surface area contributed by atoms with Crippen LogP contribution in [0, 0.1) is 0 Å². The molecule has 4 nitrogen and oxygen atoms in total. The van der Waals surface area contributed by atoms with Gasteiger partial charge in [-0.25, -0.2) is 0 Å². The van der Waals surface area contributed by atoms with Gasteiger partial charge in [-0.05, 0) is 56.6 Å². The number of hydrogen-bond donors (Lipinski definition) is 1. The fourth-order valence-corrected chi connectivity index (χ4v) is 2.94. The van der Waals surface area contributed by atoms with Gasteiger partial charge in [0.15, 0.2) is 0 Å². The zero-order valence-electron chi connectivity index (χ0n) is 18.3. The van der Waals surface area contributed by atoms with Crippen LogP contribution in [0.25, 0.3) is 0 Å². The molecule has 1 N–H and O–H groups in total. The molecule has 0 aliphatic rings. The van der Waals surface area contributed by atoms with Gasteiger partial charge in [0.25, 0.3) is 0 Å². The average Bonchev–Trinajstić information content (AvgIpc) is 3.18. The molecule has 1 aromatic heterocycles. The van der Waals surface area contributed by atoms with E-state index in [1.165, 1.54) is 30.3 Å². The summed E-state index contributed by atoms with van der Waals surface area (Å²) in [5.41, 5.74) is 0.649. The standard InChI is InChI=1S/C26H37NO3/c1-2-3-4-5-6-7-8-9-10-11-12-13-14-15-16-17-18-19-25(28)27-21-20-24(23-27)22-26(29)30/h6-7,9-10,12-13,15-16,20-21,23H,2-5,8,11,14,17-19,22H2,1H3,(H,29,30)/b7-6+,10-9+,13-12+,16-15+. The molecule has 0 saturated carbocycles. The van der Waals surface area contributed by atoms with Crippen LogP contribution >= 0.6 is 0 Å². The highest BCUT2D eigenvalue weighted by atomic mass is 16.4. The molecule has 0 aromatic carbocycles. The Morgan fingerprint density at radius 2 is 1.43 bits per heavy atom. The van der Waals surface area contributed by atoms with E-state index in [0.717, 1.165) is 32.1 Å². The summed E-state index contributed by atoms with van der Waals surface area (Å²) in [5, 5.41) is 8.77. The van der Waals surface area contributed by atoms with Gasteiger partial charge in [-0.3, -0.25) is 14.2 Å². The third-order valence-corrected chi connectivity index (χ3v) is 4.62. The summed E-state index contributed by atoms with van der Waals surface area (Å²) in [6.45, 7) is 2.23. The molecular weight excluding hydrogens is 374 g/mol. The third-order valence-electron chi connectivity index (χ3n) is 4.62. The Balaban J connectivity index is 2.04. The van der Waals surface area contributed by atoms with Crippen molar-refractivity contribution in [2.75, 3.05) is 0 Å². The molecule has 1 heterocycles. The summed E-state index contributed by atoms with van der Waals surface area (Å²) < 4.78 is 1.49. The molecule has 0 aliphatic carbocycles. The molecule has 0 saturated heterocycles. The lowest BCUT2D eigenvalue weighted by Gasteiger charge is -2.00. The Hall–Kier alpha value is -2.62. The van der Waals surface area contributed by atoms with Crippen LogP contribution in [0.1, 0.15) is 81.5 Å². The molecule has 0 fully saturated rings. The van der Waals surface area contributed by atoms with Crippen molar-refractivity contribution in [2.45, 2.75) is 77.6 Å². The second-order valence-corrected chi connectivity index (χ2v) is 7.37. The number of rotatable bonds is 16. The minimum Gasteiger partial charge on any atom is -0.481 e. The van der Waals surface area contributed by atoms with Gasteiger partial charge >= 0.3 is 5.97 Å². The number of aliphatic carboxylic acids is 1. The molecule has 0 radical (unpaired) electrons. The van der Waals surface area contributed by atoms with E-state index < -0.39 is 5.97 Å². The fourth-order valence-electron chi connectivity index (χ4n) is 2.94. The summed E-state index contributed by atoms with van der Waals surface area (Å²) in [5.74, 6) is -0.886. The van der Waals surface area contributed by atoms with Crippen molar-refractivity contribution in [3.63, 3.8) is 0 Å². The second kappa shape index (κ2) is 17.3. The highest BCUT2D eigenvalue weighted by molar-refractivity contribution is 5.79. The Kier molecular flexibility index (Phi) is 14.6. The SMILES string of the molecule is CCCCC/C=C/C/C=C/C/C=C/C/C=C/CCCC(=O)n1ccc(CC(=O)O)c1. The van der Waals surface area contributed by atoms with Crippen LogP contribution in [-0.4, -0.2) is 21.6 Å². The van der Waals surface area contributed by atoms with Crippen LogP contribution in [0.3, 0.4) is 0 Å². The smallest absolute Gasteiger partial charge is 0.307 e. The first-order chi connectivity index (χ1) is 14.6. The molecule has 30 heavy (non-hydrogen) atoms. The maximum absolute atomic E-state index is 12.1. The molecule has 1 aromatic rings. The van der Waals surface area contributed by atoms with Gasteiger partial charge in [-0.15, -0.1) is 0 Å². The summed E-state index contributed by atoms with van der Waals surface area (Å²) in [4.78, 5) is 22.8. The highest BCUT2D eigenvalue weighted by Crippen LogP contribution is 2.06. The number of hydrogen-bond acceptors (Lipinski definition) is 2.